The lowest BCUT2D eigenvalue weighted by molar-refractivity contribution is -0.122. The number of anilines is 1. The number of ether oxygens (including phenoxy) is 2. The van der Waals surface area contributed by atoms with Gasteiger partial charge in [0.15, 0.2) is 0 Å². The summed E-state index contributed by atoms with van der Waals surface area (Å²) in [6.45, 7) is 0.805. The van der Waals surface area contributed by atoms with E-state index in [1.807, 2.05) is 48.5 Å². The highest BCUT2D eigenvalue weighted by Gasteiger charge is 2.26. The van der Waals surface area contributed by atoms with Crippen molar-refractivity contribution >= 4 is 17.5 Å². The van der Waals surface area contributed by atoms with E-state index in [0.717, 1.165) is 22.7 Å². The average Bonchev–Trinajstić information content (AvgIpc) is 2.70. The minimum atomic E-state index is -0.166. The van der Waals surface area contributed by atoms with Crippen LogP contribution >= 0.6 is 0 Å². The highest BCUT2D eigenvalue weighted by Crippen LogP contribution is 2.27. The standard InChI is InChI=1S/C21H24N2O4/c1-26-17-7-9-18(10-8-17)27-13-12-22-20(24)11-6-16-14-15-4-2-3-5-19(15)23-21(16)25/h2-5,7-10,16H,6,11-14H2,1H3,(H,22,24)(H,23,25). The first-order chi connectivity index (χ1) is 13.2. The van der Waals surface area contributed by atoms with Crippen LogP contribution in [0.5, 0.6) is 11.5 Å². The molecule has 0 saturated carbocycles. The zero-order chi connectivity index (χ0) is 19.1. The number of para-hydroxylation sites is 1. The lowest BCUT2D eigenvalue weighted by atomic mass is 9.89. The Balaban J connectivity index is 1.35. The number of fused-ring (bicyclic) bond motifs is 1. The van der Waals surface area contributed by atoms with Crippen molar-refractivity contribution in [3.63, 3.8) is 0 Å². The van der Waals surface area contributed by atoms with Crippen LogP contribution in [0.3, 0.4) is 0 Å². The van der Waals surface area contributed by atoms with Gasteiger partial charge < -0.3 is 20.1 Å². The maximum absolute atomic E-state index is 12.2. The van der Waals surface area contributed by atoms with Gasteiger partial charge in [0.25, 0.3) is 0 Å². The van der Waals surface area contributed by atoms with Crippen LogP contribution in [-0.2, 0) is 16.0 Å². The Bertz CT molecular complexity index is 789. The van der Waals surface area contributed by atoms with Crippen molar-refractivity contribution in [2.75, 3.05) is 25.6 Å². The van der Waals surface area contributed by atoms with Crippen molar-refractivity contribution in [2.24, 2.45) is 5.92 Å². The molecule has 0 aliphatic carbocycles. The number of methoxy groups -OCH3 is 1. The summed E-state index contributed by atoms with van der Waals surface area (Å²) < 4.78 is 10.7. The number of benzene rings is 2. The SMILES string of the molecule is COc1ccc(OCCNC(=O)CCC2Cc3ccccc3NC2=O)cc1. The van der Waals surface area contributed by atoms with Crippen molar-refractivity contribution in [1.82, 2.24) is 5.32 Å². The van der Waals surface area contributed by atoms with E-state index in [4.69, 9.17) is 9.47 Å². The van der Waals surface area contributed by atoms with E-state index >= 15 is 0 Å². The van der Waals surface area contributed by atoms with Gasteiger partial charge in [0.2, 0.25) is 11.8 Å². The number of hydrogen-bond donors (Lipinski definition) is 2. The quantitative estimate of drug-likeness (QED) is 0.703. The molecule has 1 heterocycles. The Kier molecular flexibility index (Phi) is 6.30. The Labute approximate surface area is 158 Å². The first-order valence-corrected chi connectivity index (χ1v) is 9.08. The Morgan fingerprint density at radius 2 is 1.89 bits per heavy atom. The van der Waals surface area contributed by atoms with E-state index in [9.17, 15) is 9.59 Å². The molecule has 142 valence electrons. The van der Waals surface area contributed by atoms with Gasteiger partial charge in [-0.2, -0.15) is 0 Å². The van der Waals surface area contributed by atoms with Crippen molar-refractivity contribution < 1.29 is 19.1 Å². The molecule has 1 aliphatic rings. The molecule has 2 N–H and O–H groups in total. The monoisotopic (exact) mass is 368 g/mol. The zero-order valence-electron chi connectivity index (χ0n) is 15.4. The molecule has 0 saturated heterocycles. The maximum Gasteiger partial charge on any atom is 0.227 e. The molecule has 0 spiro atoms. The minimum absolute atomic E-state index is 0.00987. The third-order valence-corrected chi connectivity index (χ3v) is 4.58. The van der Waals surface area contributed by atoms with Crippen molar-refractivity contribution in [1.29, 1.82) is 0 Å². The first-order valence-electron chi connectivity index (χ1n) is 9.08. The summed E-state index contributed by atoms with van der Waals surface area (Å²) in [7, 11) is 1.61. The molecule has 0 aromatic heterocycles. The van der Waals surface area contributed by atoms with E-state index in [0.29, 0.717) is 32.4 Å². The second kappa shape index (κ2) is 9.07. The summed E-state index contributed by atoms with van der Waals surface area (Å²) in [5.74, 6) is 1.25. The van der Waals surface area contributed by atoms with Gasteiger partial charge in [0, 0.05) is 18.0 Å². The zero-order valence-corrected chi connectivity index (χ0v) is 15.4. The molecule has 1 unspecified atom stereocenters. The van der Waals surface area contributed by atoms with Crippen molar-refractivity contribution in [2.45, 2.75) is 19.3 Å². The number of carbonyl (C=O) groups is 2. The topological polar surface area (TPSA) is 76.7 Å². The fraction of sp³-hybridized carbons (Fsp3) is 0.333. The van der Waals surface area contributed by atoms with Gasteiger partial charge in [-0.1, -0.05) is 18.2 Å². The third kappa shape index (κ3) is 5.23. The van der Waals surface area contributed by atoms with E-state index in [-0.39, 0.29) is 17.7 Å². The van der Waals surface area contributed by atoms with Gasteiger partial charge in [-0.15, -0.1) is 0 Å². The van der Waals surface area contributed by atoms with Gasteiger partial charge in [-0.3, -0.25) is 9.59 Å². The predicted octanol–water partition coefficient (Wildman–Crippen LogP) is 2.78. The first kappa shape index (κ1) is 18.8. The van der Waals surface area contributed by atoms with E-state index in [1.165, 1.54) is 0 Å². The molecule has 0 bridgehead atoms. The summed E-state index contributed by atoms with van der Waals surface area (Å²) in [6, 6.07) is 15.1. The molecule has 0 fully saturated rings. The van der Waals surface area contributed by atoms with Crippen LogP contribution in [-0.4, -0.2) is 32.1 Å². The Morgan fingerprint density at radius 1 is 1.15 bits per heavy atom. The fourth-order valence-corrected chi connectivity index (χ4v) is 3.07. The van der Waals surface area contributed by atoms with Crippen LogP contribution in [0.4, 0.5) is 5.69 Å². The lowest BCUT2D eigenvalue weighted by Crippen LogP contribution is -2.32. The highest BCUT2D eigenvalue weighted by molar-refractivity contribution is 5.96. The number of hydrogen-bond acceptors (Lipinski definition) is 4. The lowest BCUT2D eigenvalue weighted by Gasteiger charge is -2.24. The largest absolute Gasteiger partial charge is 0.497 e. The van der Waals surface area contributed by atoms with Crippen LogP contribution in [0.15, 0.2) is 48.5 Å². The molecular weight excluding hydrogens is 344 g/mol. The van der Waals surface area contributed by atoms with Crippen LogP contribution in [0.1, 0.15) is 18.4 Å². The van der Waals surface area contributed by atoms with Crippen LogP contribution in [0, 0.1) is 5.92 Å². The molecule has 1 aliphatic heterocycles. The number of nitrogens with one attached hydrogen (secondary N) is 2. The summed E-state index contributed by atoms with van der Waals surface area (Å²) >= 11 is 0. The predicted molar refractivity (Wildman–Crippen MR) is 103 cm³/mol. The molecule has 2 aromatic carbocycles. The normalized spacial score (nSPS) is 15.4. The highest BCUT2D eigenvalue weighted by atomic mass is 16.5. The molecule has 6 heteroatoms. The minimum Gasteiger partial charge on any atom is -0.497 e. The molecule has 2 aromatic rings. The van der Waals surface area contributed by atoms with Crippen molar-refractivity contribution in [3.05, 3.63) is 54.1 Å². The van der Waals surface area contributed by atoms with Crippen LogP contribution in [0.25, 0.3) is 0 Å². The Morgan fingerprint density at radius 3 is 2.67 bits per heavy atom. The van der Waals surface area contributed by atoms with Gasteiger partial charge in [-0.05, 0) is 48.7 Å². The molecule has 0 radical (unpaired) electrons. The number of amides is 2. The van der Waals surface area contributed by atoms with E-state index in [2.05, 4.69) is 10.6 Å². The van der Waals surface area contributed by atoms with Crippen molar-refractivity contribution in [3.8, 4) is 11.5 Å². The molecule has 6 nitrogen and oxygen atoms in total. The smallest absolute Gasteiger partial charge is 0.227 e. The summed E-state index contributed by atoms with van der Waals surface area (Å²) in [6.07, 6.45) is 1.53. The maximum atomic E-state index is 12.2. The molecule has 1 atom stereocenters. The summed E-state index contributed by atoms with van der Waals surface area (Å²) in [5, 5.41) is 5.74. The average molecular weight is 368 g/mol. The van der Waals surface area contributed by atoms with Gasteiger partial charge in [-0.25, -0.2) is 0 Å². The summed E-state index contributed by atoms with van der Waals surface area (Å²) in [5.41, 5.74) is 1.99. The number of rotatable bonds is 8. The van der Waals surface area contributed by atoms with Gasteiger partial charge in [0.05, 0.1) is 13.7 Å². The second-order valence-electron chi connectivity index (χ2n) is 6.46. The Hall–Kier alpha value is -3.02. The fourth-order valence-electron chi connectivity index (χ4n) is 3.07. The molecular formula is C21H24N2O4. The second-order valence-corrected chi connectivity index (χ2v) is 6.46. The number of carbonyl (C=O) groups excluding carboxylic acids is 2. The van der Waals surface area contributed by atoms with Crippen LogP contribution in [0.2, 0.25) is 0 Å². The molecule has 2 amide bonds. The van der Waals surface area contributed by atoms with Crippen LogP contribution < -0.4 is 20.1 Å². The van der Waals surface area contributed by atoms with Gasteiger partial charge in [0.1, 0.15) is 18.1 Å². The summed E-state index contributed by atoms with van der Waals surface area (Å²) in [4.78, 5) is 24.2. The van der Waals surface area contributed by atoms with E-state index in [1.54, 1.807) is 7.11 Å². The third-order valence-electron chi connectivity index (χ3n) is 4.58. The molecule has 27 heavy (non-hydrogen) atoms. The molecule has 3 rings (SSSR count). The van der Waals surface area contributed by atoms with E-state index < -0.39 is 0 Å². The van der Waals surface area contributed by atoms with Gasteiger partial charge >= 0.3 is 0 Å².